The van der Waals surface area contributed by atoms with Gasteiger partial charge in [0.05, 0.1) is 0 Å². The van der Waals surface area contributed by atoms with E-state index < -0.39 is 0 Å². The van der Waals surface area contributed by atoms with E-state index in [4.69, 9.17) is 0 Å². The number of rotatable bonds is 7. The topological polar surface area (TPSA) is 12.0 Å². The van der Waals surface area contributed by atoms with E-state index in [2.05, 4.69) is 64.2 Å². The average molecular weight is 261 g/mol. The van der Waals surface area contributed by atoms with Gasteiger partial charge in [-0.2, -0.15) is 0 Å². The van der Waals surface area contributed by atoms with E-state index in [0.717, 1.165) is 13.0 Å². The summed E-state index contributed by atoms with van der Waals surface area (Å²) in [5.41, 5.74) is 3.13. The van der Waals surface area contributed by atoms with Gasteiger partial charge in [-0.25, -0.2) is 0 Å². The Balaban J connectivity index is 2.64. The molecule has 0 aromatic heterocycles. The van der Waals surface area contributed by atoms with Crippen molar-refractivity contribution in [3.63, 3.8) is 0 Å². The highest BCUT2D eigenvalue weighted by molar-refractivity contribution is 5.28. The van der Waals surface area contributed by atoms with E-state index in [1.807, 2.05) is 0 Å². The Morgan fingerprint density at radius 3 is 2.16 bits per heavy atom. The van der Waals surface area contributed by atoms with Crippen LogP contribution >= 0.6 is 0 Å². The average Bonchev–Trinajstić information content (AvgIpc) is 2.36. The zero-order valence-corrected chi connectivity index (χ0v) is 13.4. The lowest BCUT2D eigenvalue weighted by molar-refractivity contribution is 0.473. The second kappa shape index (κ2) is 7.69. The zero-order chi connectivity index (χ0) is 14.3. The summed E-state index contributed by atoms with van der Waals surface area (Å²) in [6, 6.07) is 9.81. The molecule has 108 valence electrons. The largest absolute Gasteiger partial charge is 0.314 e. The van der Waals surface area contributed by atoms with Gasteiger partial charge in [-0.05, 0) is 35.9 Å². The van der Waals surface area contributed by atoms with Gasteiger partial charge in [0.2, 0.25) is 0 Å². The van der Waals surface area contributed by atoms with Crippen LogP contribution in [0.5, 0.6) is 0 Å². The fourth-order valence-corrected chi connectivity index (χ4v) is 2.44. The summed E-state index contributed by atoms with van der Waals surface area (Å²) in [7, 11) is 0. The van der Waals surface area contributed by atoms with Crippen LogP contribution in [-0.2, 0) is 11.8 Å². The molecule has 0 aliphatic heterocycles. The molecular formula is C18H31N. The first-order valence-corrected chi connectivity index (χ1v) is 7.80. The molecule has 1 N–H and O–H groups in total. The maximum Gasteiger partial charge on any atom is 0.0107 e. The molecule has 0 radical (unpaired) electrons. The Morgan fingerprint density at radius 1 is 1.05 bits per heavy atom. The second-order valence-corrected chi connectivity index (χ2v) is 6.55. The minimum Gasteiger partial charge on any atom is -0.314 e. The van der Waals surface area contributed by atoms with E-state index in [1.165, 1.54) is 30.4 Å². The third-order valence-electron chi connectivity index (χ3n) is 3.70. The van der Waals surface area contributed by atoms with E-state index >= 15 is 0 Å². The van der Waals surface area contributed by atoms with Crippen LogP contribution in [0.2, 0.25) is 0 Å². The number of benzene rings is 1. The monoisotopic (exact) mass is 261 g/mol. The van der Waals surface area contributed by atoms with Gasteiger partial charge in [-0.3, -0.25) is 0 Å². The lowest BCUT2D eigenvalue weighted by atomic mass is 9.86. The number of hydrogen-bond acceptors (Lipinski definition) is 1. The summed E-state index contributed by atoms with van der Waals surface area (Å²) >= 11 is 0. The third kappa shape index (κ3) is 5.78. The SMILES string of the molecule is CCCCC(Cc1ccc(C(C)(C)C)cc1)NCC. The molecule has 0 aliphatic carbocycles. The zero-order valence-electron chi connectivity index (χ0n) is 13.4. The Morgan fingerprint density at radius 2 is 1.68 bits per heavy atom. The van der Waals surface area contributed by atoms with Crippen molar-refractivity contribution in [2.75, 3.05) is 6.54 Å². The van der Waals surface area contributed by atoms with Crippen molar-refractivity contribution in [3.05, 3.63) is 35.4 Å². The van der Waals surface area contributed by atoms with Crippen molar-refractivity contribution in [3.8, 4) is 0 Å². The number of hydrogen-bond donors (Lipinski definition) is 1. The van der Waals surface area contributed by atoms with Crippen LogP contribution in [0.4, 0.5) is 0 Å². The van der Waals surface area contributed by atoms with Gasteiger partial charge < -0.3 is 5.32 Å². The van der Waals surface area contributed by atoms with Gasteiger partial charge in [-0.1, -0.05) is 71.7 Å². The van der Waals surface area contributed by atoms with Crippen LogP contribution in [-0.4, -0.2) is 12.6 Å². The number of unbranched alkanes of at least 4 members (excludes halogenated alkanes) is 1. The van der Waals surface area contributed by atoms with Crippen molar-refractivity contribution >= 4 is 0 Å². The summed E-state index contributed by atoms with van der Waals surface area (Å²) in [6.45, 7) is 12.3. The van der Waals surface area contributed by atoms with E-state index in [1.54, 1.807) is 0 Å². The van der Waals surface area contributed by atoms with Crippen LogP contribution in [0.25, 0.3) is 0 Å². The molecule has 1 atom stereocenters. The van der Waals surface area contributed by atoms with Crippen molar-refractivity contribution in [2.45, 2.75) is 71.8 Å². The molecule has 1 aromatic carbocycles. The van der Waals surface area contributed by atoms with Crippen LogP contribution in [0.1, 0.15) is 65.0 Å². The van der Waals surface area contributed by atoms with Crippen molar-refractivity contribution in [1.82, 2.24) is 5.32 Å². The first kappa shape index (κ1) is 16.2. The Hall–Kier alpha value is -0.820. The van der Waals surface area contributed by atoms with E-state index in [9.17, 15) is 0 Å². The summed E-state index contributed by atoms with van der Waals surface area (Å²) in [4.78, 5) is 0. The Kier molecular flexibility index (Phi) is 6.57. The fourth-order valence-electron chi connectivity index (χ4n) is 2.44. The van der Waals surface area contributed by atoms with Crippen LogP contribution in [0.15, 0.2) is 24.3 Å². The molecule has 1 aromatic rings. The molecule has 0 amide bonds. The molecule has 1 heteroatoms. The van der Waals surface area contributed by atoms with Crippen LogP contribution in [0.3, 0.4) is 0 Å². The molecule has 0 fully saturated rings. The van der Waals surface area contributed by atoms with Gasteiger partial charge in [0, 0.05) is 6.04 Å². The smallest absolute Gasteiger partial charge is 0.0107 e. The molecule has 0 bridgehead atoms. The first-order chi connectivity index (χ1) is 8.97. The molecule has 1 nitrogen and oxygen atoms in total. The molecule has 1 rings (SSSR count). The molecule has 0 heterocycles. The van der Waals surface area contributed by atoms with Crippen LogP contribution < -0.4 is 5.32 Å². The number of likely N-dealkylation sites (N-methyl/N-ethyl adjacent to an activating group) is 1. The van der Waals surface area contributed by atoms with Crippen molar-refractivity contribution in [2.24, 2.45) is 0 Å². The van der Waals surface area contributed by atoms with Crippen molar-refractivity contribution < 1.29 is 0 Å². The minimum atomic E-state index is 0.252. The first-order valence-electron chi connectivity index (χ1n) is 7.80. The lowest BCUT2D eigenvalue weighted by Crippen LogP contribution is -2.30. The standard InChI is InChI=1S/C18H31N/c1-6-8-9-17(19-7-2)14-15-10-12-16(13-11-15)18(3,4)5/h10-13,17,19H,6-9,14H2,1-5H3. The highest BCUT2D eigenvalue weighted by Crippen LogP contribution is 2.22. The fraction of sp³-hybridized carbons (Fsp3) is 0.667. The summed E-state index contributed by atoms with van der Waals surface area (Å²) in [5.74, 6) is 0. The molecule has 0 spiro atoms. The van der Waals surface area contributed by atoms with Crippen molar-refractivity contribution in [1.29, 1.82) is 0 Å². The maximum atomic E-state index is 3.61. The van der Waals surface area contributed by atoms with E-state index in [0.29, 0.717) is 6.04 Å². The third-order valence-corrected chi connectivity index (χ3v) is 3.70. The van der Waals surface area contributed by atoms with Crippen LogP contribution in [0, 0.1) is 0 Å². The summed E-state index contributed by atoms with van der Waals surface area (Å²) < 4.78 is 0. The van der Waals surface area contributed by atoms with Gasteiger partial charge in [0.1, 0.15) is 0 Å². The number of nitrogens with one attached hydrogen (secondary N) is 1. The Bertz CT molecular complexity index is 345. The predicted octanol–water partition coefficient (Wildman–Crippen LogP) is 4.69. The van der Waals surface area contributed by atoms with Gasteiger partial charge >= 0.3 is 0 Å². The quantitative estimate of drug-likeness (QED) is 0.750. The molecule has 0 saturated heterocycles. The molecule has 0 saturated carbocycles. The summed E-state index contributed by atoms with van der Waals surface area (Å²) in [6.07, 6.45) is 5.03. The molecule has 19 heavy (non-hydrogen) atoms. The molecule has 1 unspecified atom stereocenters. The maximum absolute atomic E-state index is 3.61. The van der Waals surface area contributed by atoms with Gasteiger partial charge in [0.15, 0.2) is 0 Å². The van der Waals surface area contributed by atoms with Gasteiger partial charge in [0.25, 0.3) is 0 Å². The van der Waals surface area contributed by atoms with Gasteiger partial charge in [-0.15, -0.1) is 0 Å². The highest BCUT2D eigenvalue weighted by Gasteiger charge is 2.13. The predicted molar refractivity (Wildman–Crippen MR) is 85.8 cm³/mol. The van der Waals surface area contributed by atoms with E-state index in [-0.39, 0.29) is 5.41 Å². The highest BCUT2D eigenvalue weighted by atomic mass is 14.9. The minimum absolute atomic E-state index is 0.252. The normalized spacial score (nSPS) is 13.5. The lowest BCUT2D eigenvalue weighted by Gasteiger charge is -2.21. The summed E-state index contributed by atoms with van der Waals surface area (Å²) in [5, 5.41) is 3.61. The molecule has 0 aliphatic rings. The second-order valence-electron chi connectivity index (χ2n) is 6.55. The molecular weight excluding hydrogens is 230 g/mol. The Labute approximate surface area is 119 Å².